The summed E-state index contributed by atoms with van der Waals surface area (Å²) in [7, 11) is 1.15. The van der Waals surface area contributed by atoms with Gasteiger partial charge >= 0.3 is 8.56 Å². The highest BCUT2D eigenvalue weighted by molar-refractivity contribution is 6.81. The Hall–Kier alpha value is -0.723. The molecule has 0 radical (unpaired) electrons. The van der Waals surface area contributed by atoms with Crippen molar-refractivity contribution >= 4 is 13.7 Å². The van der Waals surface area contributed by atoms with Gasteiger partial charge in [0.15, 0.2) is 0 Å². The van der Waals surface area contributed by atoms with Crippen LogP contribution in [0.25, 0.3) is 0 Å². The van der Waals surface area contributed by atoms with E-state index in [9.17, 15) is 0 Å². The maximum Gasteiger partial charge on any atom is 0.372 e. The van der Waals surface area contributed by atoms with E-state index in [1.807, 2.05) is 18.2 Å². The van der Waals surface area contributed by atoms with E-state index in [1.54, 1.807) is 14.2 Å². The maximum absolute atomic E-state index is 5.80. The van der Waals surface area contributed by atoms with Crippen LogP contribution in [0.5, 0.6) is 0 Å². The summed E-state index contributed by atoms with van der Waals surface area (Å²) in [6.07, 6.45) is 1.44. The molecule has 0 bridgehead atoms. The van der Waals surface area contributed by atoms with Crippen LogP contribution in [0.3, 0.4) is 0 Å². The van der Waals surface area contributed by atoms with Crippen LogP contribution in [0.2, 0.25) is 6.04 Å². The Balaban J connectivity index is 1.90. The Labute approximate surface area is 122 Å². The van der Waals surface area contributed by atoms with Gasteiger partial charge in [0, 0.05) is 14.2 Å². The van der Waals surface area contributed by atoms with Gasteiger partial charge in [-0.2, -0.15) is 0 Å². The van der Waals surface area contributed by atoms with E-state index >= 15 is 0 Å². The molecule has 1 aliphatic heterocycles. The maximum atomic E-state index is 5.80. The Morgan fingerprint density at radius 1 is 1.25 bits per heavy atom. The molecule has 0 spiro atoms. The lowest BCUT2D eigenvalue weighted by atomic mass is 10.3. The van der Waals surface area contributed by atoms with Crippen LogP contribution < -0.4 is 5.19 Å². The van der Waals surface area contributed by atoms with E-state index in [4.69, 9.17) is 18.3 Å². The Bertz CT molecular complexity index is 390. The third-order valence-corrected chi connectivity index (χ3v) is 7.20. The largest absolute Gasteiger partial charge is 0.394 e. The predicted molar refractivity (Wildman–Crippen MR) is 80.4 cm³/mol. The molecule has 1 fully saturated rings. The van der Waals surface area contributed by atoms with E-state index < -0.39 is 8.56 Å². The monoisotopic (exact) mass is 296 g/mol. The molecule has 112 valence electrons. The summed E-state index contributed by atoms with van der Waals surface area (Å²) >= 11 is 0. The summed E-state index contributed by atoms with van der Waals surface area (Å²) in [4.78, 5) is 0. The molecule has 5 heteroatoms. The second-order valence-electron chi connectivity index (χ2n) is 5.17. The molecule has 2 rings (SSSR count). The standard InChI is InChI=1S/C15H24O4Si/c1-13(18-11-14-12-19-14)9-10-20(16-2,17-3)15-7-5-4-6-8-15/h4-8,13-14H,9-12H2,1-3H3. The normalized spacial score (nSPS) is 19.9. The molecule has 0 saturated carbocycles. The molecule has 4 nitrogen and oxygen atoms in total. The smallest absolute Gasteiger partial charge is 0.372 e. The number of ether oxygens (including phenoxy) is 2. The van der Waals surface area contributed by atoms with Crippen molar-refractivity contribution < 1.29 is 18.3 Å². The number of benzene rings is 1. The summed E-state index contributed by atoms with van der Waals surface area (Å²) in [6, 6.07) is 11.1. The summed E-state index contributed by atoms with van der Waals surface area (Å²) in [5.74, 6) is 0. The zero-order valence-corrected chi connectivity index (χ0v) is 13.5. The topological polar surface area (TPSA) is 40.2 Å². The van der Waals surface area contributed by atoms with Crippen molar-refractivity contribution in [1.82, 2.24) is 0 Å². The van der Waals surface area contributed by atoms with Crippen molar-refractivity contribution in [2.24, 2.45) is 0 Å². The van der Waals surface area contributed by atoms with E-state index in [0.717, 1.165) is 19.1 Å². The fraction of sp³-hybridized carbons (Fsp3) is 0.600. The molecular formula is C15H24O4Si. The number of rotatable bonds is 9. The first-order valence-electron chi connectivity index (χ1n) is 7.09. The summed E-state index contributed by atoms with van der Waals surface area (Å²) in [5, 5.41) is 1.17. The van der Waals surface area contributed by atoms with Gasteiger partial charge in [0.1, 0.15) is 6.10 Å². The average Bonchev–Trinajstić information content (AvgIpc) is 3.32. The van der Waals surface area contributed by atoms with Gasteiger partial charge in [0.2, 0.25) is 0 Å². The highest BCUT2D eigenvalue weighted by Gasteiger charge is 2.38. The minimum absolute atomic E-state index is 0.195. The van der Waals surface area contributed by atoms with Crippen LogP contribution in [0.15, 0.2) is 30.3 Å². The van der Waals surface area contributed by atoms with Gasteiger partial charge in [-0.25, -0.2) is 0 Å². The van der Waals surface area contributed by atoms with Crippen LogP contribution >= 0.6 is 0 Å². The SMILES string of the molecule is CO[Si](CCC(C)OCC1CO1)(OC)c1ccccc1. The third kappa shape index (κ3) is 4.13. The second-order valence-corrected chi connectivity index (χ2v) is 8.56. The van der Waals surface area contributed by atoms with Gasteiger partial charge in [-0.3, -0.25) is 0 Å². The first-order chi connectivity index (χ1) is 9.70. The molecule has 1 aromatic carbocycles. The molecule has 0 N–H and O–H groups in total. The van der Waals surface area contributed by atoms with Crippen molar-refractivity contribution in [3.63, 3.8) is 0 Å². The minimum Gasteiger partial charge on any atom is -0.394 e. The molecule has 0 aliphatic carbocycles. The molecule has 0 aromatic heterocycles. The van der Waals surface area contributed by atoms with E-state index in [-0.39, 0.29) is 6.10 Å². The quantitative estimate of drug-likeness (QED) is 0.515. The van der Waals surface area contributed by atoms with Gasteiger partial charge in [0.05, 0.1) is 19.3 Å². The highest BCUT2D eigenvalue weighted by Crippen LogP contribution is 2.18. The molecule has 1 saturated heterocycles. The van der Waals surface area contributed by atoms with Crippen molar-refractivity contribution in [3.05, 3.63) is 30.3 Å². The van der Waals surface area contributed by atoms with Gasteiger partial charge in [-0.15, -0.1) is 0 Å². The Kier molecular flexibility index (Phi) is 5.74. The molecule has 1 aliphatic rings. The summed E-state index contributed by atoms with van der Waals surface area (Å²) in [5.41, 5.74) is 0. The van der Waals surface area contributed by atoms with E-state index in [2.05, 4.69) is 19.1 Å². The Morgan fingerprint density at radius 3 is 2.45 bits per heavy atom. The fourth-order valence-corrected chi connectivity index (χ4v) is 5.09. The number of epoxide rings is 1. The van der Waals surface area contributed by atoms with Crippen molar-refractivity contribution in [1.29, 1.82) is 0 Å². The Morgan fingerprint density at radius 2 is 1.90 bits per heavy atom. The molecule has 1 heterocycles. The lowest BCUT2D eigenvalue weighted by Crippen LogP contribution is -2.52. The van der Waals surface area contributed by atoms with Crippen LogP contribution in [0.4, 0.5) is 0 Å². The zero-order valence-electron chi connectivity index (χ0n) is 12.5. The average molecular weight is 296 g/mol. The number of hydrogen-bond acceptors (Lipinski definition) is 4. The second kappa shape index (κ2) is 7.33. The van der Waals surface area contributed by atoms with Gasteiger partial charge in [-0.05, 0) is 24.6 Å². The number of hydrogen-bond donors (Lipinski definition) is 0. The van der Waals surface area contributed by atoms with Crippen molar-refractivity contribution in [2.75, 3.05) is 27.4 Å². The molecule has 20 heavy (non-hydrogen) atoms. The predicted octanol–water partition coefficient (Wildman–Crippen LogP) is 1.82. The first-order valence-corrected chi connectivity index (χ1v) is 9.11. The molecule has 1 aromatic rings. The summed E-state index contributed by atoms with van der Waals surface area (Å²) < 4.78 is 22.5. The van der Waals surface area contributed by atoms with E-state index in [0.29, 0.717) is 12.7 Å². The summed E-state index contributed by atoms with van der Waals surface area (Å²) in [6.45, 7) is 3.63. The van der Waals surface area contributed by atoms with Crippen LogP contribution in [0.1, 0.15) is 13.3 Å². The minimum atomic E-state index is -2.33. The third-order valence-electron chi connectivity index (χ3n) is 3.72. The van der Waals surface area contributed by atoms with Gasteiger partial charge in [0.25, 0.3) is 0 Å². The van der Waals surface area contributed by atoms with Gasteiger partial charge < -0.3 is 18.3 Å². The van der Waals surface area contributed by atoms with Gasteiger partial charge in [-0.1, -0.05) is 30.3 Å². The molecular weight excluding hydrogens is 272 g/mol. The van der Waals surface area contributed by atoms with E-state index in [1.165, 1.54) is 5.19 Å². The molecule has 0 amide bonds. The van der Waals surface area contributed by atoms with Crippen LogP contribution in [-0.2, 0) is 18.3 Å². The van der Waals surface area contributed by atoms with Crippen molar-refractivity contribution in [3.8, 4) is 0 Å². The lowest BCUT2D eigenvalue weighted by molar-refractivity contribution is 0.0506. The lowest BCUT2D eigenvalue weighted by Gasteiger charge is -2.28. The molecule has 2 unspecified atom stereocenters. The van der Waals surface area contributed by atoms with Crippen LogP contribution in [-0.4, -0.2) is 48.2 Å². The fourth-order valence-electron chi connectivity index (χ4n) is 2.27. The van der Waals surface area contributed by atoms with Crippen molar-refractivity contribution in [2.45, 2.75) is 31.6 Å². The first kappa shape index (κ1) is 15.7. The highest BCUT2D eigenvalue weighted by atomic mass is 28.4. The van der Waals surface area contributed by atoms with Crippen LogP contribution in [0, 0.1) is 0 Å². The zero-order chi connectivity index (χ0) is 14.4. The molecule has 2 atom stereocenters.